The van der Waals surface area contributed by atoms with Crippen LogP contribution in [0.4, 0.5) is 0 Å². The van der Waals surface area contributed by atoms with Crippen molar-refractivity contribution in [3.8, 4) is 0 Å². The zero-order chi connectivity index (χ0) is 23.5. The number of nitrogens with zero attached hydrogens (tertiary/aromatic N) is 3. The van der Waals surface area contributed by atoms with E-state index in [1.165, 1.54) is 0 Å². The van der Waals surface area contributed by atoms with Gasteiger partial charge < -0.3 is 32.1 Å². The number of ether oxygens (including phenoxy) is 1. The highest BCUT2D eigenvalue weighted by Crippen LogP contribution is 2.15. The van der Waals surface area contributed by atoms with Crippen molar-refractivity contribution in [2.75, 3.05) is 103 Å². The molecule has 0 spiro atoms. The van der Waals surface area contributed by atoms with Gasteiger partial charge >= 0.3 is 8.56 Å². The third-order valence-corrected chi connectivity index (χ3v) is 8.61. The third-order valence-electron chi connectivity index (χ3n) is 5.62. The zero-order valence-corrected chi connectivity index (χ0v) is 22.7. The number of likely N-dealkylation sites (N-methyl/N-ethyl adjacent to an activating group) is 1. The maximum Gasteiger partial charge on any atom is 0.334 e. The molecule has 0 saturated heterocycles. The highest BCUT2D eigenvalue weighted by Gasteiger charge is 2.28. The van der Waals surface area contributed by atoms with Gasteiger partial charge in [0.1, 0.15) is 12.6 Å². The SMILES string of the molecule is CO[Si](C)(CCCOCC(O)C[N+](C)(CC[CH-][N+](C)(C)C)CCC[N+](C)(C)C)OC. The fourth-order valence-corrected chi connectivity index (χ4v) is 4.90. The molecule has 0 aromatic carbocycles. The molecule has 7 nitrogen and oxygen atoms in total. The lowest BCUT2D eigenvalue weighted by atomic mass is 10.2. The van der Waals surface area contributed by atoms with Crippen LogP contribution in [0.1, 0.15) is 19.3 Å². The zero-order valence-electron chi connectivity index (χ0n) is 21.7. The van der Waals surface area contributed by atoms with E-state index >= 15 is 0 Å². The Hall–Kier alpha value is -0.0631. The Balaban J connectivity index is 4.53. The van der Waals surface area contributed by atoms with E-state index in [4.69, 9.17) is 13.6 Å². The van der Waals surface area contributed by atoms with Gasteiger partial charge in [0.15, 0.2) is 0 Å². The molecule has 0 amide bonds. The van der Waals surface area contributed by atoms with Gasteiger partial charge in [-0.05, 0) is 19.0 Å². The molecular formula is C22H53N3O4Si+2. The number of rotatable bonds is 18. The van der Waals surface area contributed by atoms with E-state index in [1.54, 1.807) is 14.2 Å². The van der Waals surface area contributed by atoms with E-state index in [0.717, 1.165) is 64.9 Å². The minimum atomic E-state index is -2.03. The van der Waals surface area contributed by atoms with Gasteiger partial charge in [-0.15, -0.1) is 6.54 Å². The molecule has 0 radical (unpaired) electrons. The van der Waals surface area contributed by atoms with Crippen molar-refractivity contribution in [2.45, 2.75) is 38.0 Å². The molecule has 0 aliphatic heterocycles. The molecule has 8 heteroatoms. The van der Waals surface area contributed by atoms with Gasteiger partial charge in [-0.2, -0.15) is 0 Å². The summed E-state index contributed by atoms with van der Waals surface area (Å²) in [6, 6.07) is 0.899. The van der Waals surface area contributed by atoms with Gasteiger partial charge in [-0.25, -0.2) is 0 Å². The minimum Gasteiger partial charge on any atom is -0.462 e. The molecule has 0 bridgehead atoms. The Bertz CT molecular complexity index is 429. The Morgan fingerprint density at radius 2 is 1.50 bits per heavy atom. The molecule has 0 fully saturated rings. The molecule has 0 aliphatic carbocycles. The van der Waals surface area contributed by atoms with E-state index in [2.05, 4.69) is 62.4 Å². The van der Waals surface area contributed by atoms with Crippen LogP contribution in [0.25, 0.3) is 0 Å². The Morgan fingerprint density at radius 3 is 2.00 bits per heavy atom. The lowest BCUT2D eigenvalue weighted by Gasteiger charge is -2.41. The molecule has 182 valence electrons. The second-order valence-corrected chi connectivity index (χ2v) is 14.7. The molecule has 0 aromatic rings. The summed E-state index contributed by atoms with van der Waals surface area (Å²) in [7, 11) is 16.9. The second kappa shape index (κ2) is 13.5. The van der Waals surface area contributed by atoms with Crippen LogP contribution < -0.4 is 0 Å². The molecule has 0 aromatic heterocycles. The molecule has 0 heterocycles. The van der Waals surface area contributed by atoms with Gasteiger partial charge in [0.25, 0.3) is 0 Å². The van der Waals surface area contributed by atoms with E-state index in [0.29, 0.717) is 13.2 Å². The maximum atomic E-state index is 10.7. The minimum absolute atomic E-state index is 0.389. The monoisotopic (exact) mass is 451 g/mol. The first kappa shape index (κ1) is 29.9. The molecule has 1 N–H and O–H groups in total. The number of aliphatic hydroxyl groups is 1. The summed E-state index contributed by atoms with van der Waals surface area (Å²) in [5.74, 6) is 0. The first-order chi connectivity index (χ1) is 13.6. The average Bonchev–Trinajstić information content (AvgIpc) is 2.58. The highest BCUT2D eigenvalue weighted by atomic mass is 28.4. The van der Waals surface area contributed by atoms with Crippen molar-refractivity contribution in [1.29, 1.82) is 0 Å². The van der Waals surface area contributed by atoms with E-state index in [9.17, 15) is 5.11 Å². The molecule has 2 atom stereocenters. The smallest absolute Gasteiger partial charge is 0.334 e. The number of aliphatic hydroxyl groups excluding tert-OH is 1. The molecular weight excluding hydrogens is 398 g/mol. The number of hydrogen-bond donors (Lipinski definition) is 1. The van der Waals surface area contributed by atoms with Crippen molar-refractivity contribution in [3.05, 3.63) is 6.54 Å². The molecule has 0 aliphatic rings. The third kappa shape index (κ3) is 15.7. The fourth-order valence-electron chi connectivity index (χ4n) is 3.54. The van der Waals surface area contributed by atoms with Gasteiger partial charge in [0.2, 0.25) is 0 Å². The van der Waals surface area contributed by atoms with Crippen molar-refractivity contribution in [2.24, 2.45) is 0 Å². The first-order valence-corrected chi connectivity index (χ1v) is 13.8. The summed E-state index contributed by atoms with van der Waals surface area (Å²) in [6.45, 7) is 9.40. The normalized spacial score (nSPS) is 16.5. The van der Waals surface area contributed by atoms with Crippen LogP contribution in [-0.2, 0) is 13.6 Å². The van der Waals surface area contributed by atoms with Crippen LogP contribution in [-0.4, -0.2) is 136 Å². The van der Waals surface area contributed by atoms with E-state index < -0.39 is 14.7 Å². The number of hydrogen-bond acceptors (Lipinski definition) is 4. The van der Waals surface area contributed by atoms with Crippen molar-refractivity contribution in [3.63, 3.8) is 0 Å². The largest absolute Gasteiger partial charge is 0.462 e. The summed E-state index contributed by atoms with van der Waals surface area (Å²) in [6.07, 6.45) is 2.63. The van der Waals surface area contributed by atoms with Gasteiger partial charge in [-0.1, -0.05) is 6.42 Å². The van der Waals surface area contributed by atoms with Crippen LogP contribution in [0.15, 0.2) is 0 Å². The van der Waals surface area contributed by atoms with Crippen LogP contribution in [0.3, 0.4) is 0 Å². The van der Waals surface area contributed by atoms with Crippen LogP contribution in [0, 0.1) is 6.54 Å². The van der Waals surface area contributed by atoms with Crippen LogP contribution >= 0.6 is 0 Å². The summed E-state index contributed by atoms with van der Waals surface area (Å²) in [5, 5.41) is 10.7. The summed E-state index contributed by atoms with van der Waals surface area (Å²) in [4.78, 5) is 0. The standard InChI is InChI=1S/C22H53N3O4Si/c1-23(2,3)14-11-16-25(7,17-12-15-24(4,5)6)20-22(26)21-29-18-13-19-30(10,27-8)28-9/h14,22,26H,11-13,15-21H2,1-10H3/q+2. The Labute approximate surface area is 188 Å². The van der Waals surface area contributed by atoms with E-state index in [-0.39, 0.29) is 0 Å². The molecule has 2 unspecified atom stereocenters. The fraction of sp³-hybridized carbons (Fsp3) is 0.955. The predicted octanol–water partition coefficient (Wildman–Crippen LogP) is 1.92. The highest BCUT2D eigenvalue weighted by molar-refractivity contribution is 6.65. The maximum absolute atomic E-state index is 10.7. The van der Waals surface area contributed by atoms with Gasteiger partial charge in [-0.3, -0.25) is 0 Å². The second-order valence-electron chi connectivity index (χ2n) is 11.1. The van der Waals surface area contributed by atoms with Crippen molar-refractivity contribution >= 4 is 8.56 Å². The van der Waals surface area contributed by atoms with Crippen LogP contribution in [0.5, 0.6) is 0 Å². The molecule has 0 rings (SSSR count). The van der Waals surface area contributed by atoms with Gasteiger partial charge in [0, 0.05) is 48.4 Å². The number of quaternary nitrogens is 3. The Kier molecular flexibility index (Phi) is 13.4. The Morgan fingerprint density at radius 1 is 0.900 bits per heavy atom. The lowest BCUT2D eigenvalue weighted by molar-refractivity contribution is -0.922. The summed E-state index contributed by atoms with van der Waals surface area (Å²) >= 11 is 0. The van der Waals surface area contributed by atoms with Crippen LogP contribution in [0.2, 0.25) is 12.6 Å². The molecule has 0 saturated carbocycles. The van der Waals surface area contributed by atoms with E-state index in [1.807, 2.05) is 0 Å². The topological polar surface area (TPSA) is 47.9 Å². The van der Waals surface area contributed by atoms with Crippen molar-refractivity contribution in [1.82, 2.24) is 0 Å². The summed E-state index contributed by atoms with van der Waals surface area (Å²) < 4.78 is 19.5. The van der Waals surface area contributed by atoms with Gasteiger partial charge in [0.05, 0.1) is 54.4 Å². The predicted molar refractivity (Wildman–Crippen MR) is 127 cm³/mol. The average molecular weight is 452 g/mol. The lowest BCUT2D eigenvalue weighted by Crippen LogP contribution is -2.52. The quantitative estimate of drug-likeness (QED) is 0.150. The first-order valence-electron chi connectivity index (χ1n) is 11.3. The summed E-state index contributed by atoms with van der Waals surface area (Å²) in [5.41, 5.74) is 0. The van der Waals surface area contributed by atoms with Crippen molar-refractivity contribution < 1.29 is 32.1 Å². The molecule has 30 heavy (non-hydrogen) atoms.